The van der Waals surface area contributed by atoms with Crippen molar-refractivity contribution in [2.45, 2.75) is 26.3 Å². The summed E-state index contributed by atoms with van der Waals surface area (Å²) in [6, 6.07) is 1.84. The maximum Gasteiger partial charge on any atom is 0.311 e. The molecule has 1 aromatic heterocycles. The van der Waals surface area contributed by atoms with Crippen molar-refractivity contribution >= 4 is 5.97 Å². The maximum absolute atomic E-state index is 10.9. The zero-order valence-electron chi connectivity index (χ0n) is 7.99. The van der Waals surface area contributed by atoms with Crippen molar-refractivity contribution < 1.29 is 9.53 Å². The number of hydrogen-bond donors (Lipinski definition) is 0. The van der Waals surface area contributed by atoms with Gasteiger partial charge in [0.15, 0.2) is 0 Å². The van der Waals surface area contributed by atoms with Crippen LogP contribution in [-0.4, -0.2) is 22.9 Å². The van der Waals surface area contributed by atoms with Gasteiger partial charge in [-0.15, -0.1) is 0 Å². The molecule has 0 aromatic carbocycles. The Kier molecular flexibility index (Phi) is 3.49. The molecule has 0 unspecified atom stereocenters. The van der Waals surface area contributed by atoms with Gasteiger partial charge in [0, 0.05) is 12.7 Å². The first kappa shape index (κ1) is 9.77. The van der Waals surface area contributed by atoms with Crippen molar-refractivity contribution in [3.8, 4) is 0 Å². The molecule has 4 nitrogen and oxygen atoms in total. The highest BCUT2D eigenvalue weighted by Gasteiger charge is 2.05. The van der Waals surface area contributed by atoms with Crippen molar-refractivity contribution in [1.29, 1.82) is 0 Å². The number of carbonyl (C=O) groups is 1. The number of aryl methyl sites for hydroxylation is 1. The first-order valence-corrected chi connectivity index (χ1v) is 4.35. The van der Waals surface area contributed by atoms with E-state index in [-0.39, 0.29) is 12.4 Å². The van der Waals surface area contributed by atoms with Gasteiger partial charge in [0.25, 0.3) is 0 Å². The van der Waals surface area contributed by atoms with E-state index in [1.54, 1.807) is 0 Å². The van der Waals surface area contributed by atoms with Gasteiger partial charge in [-0.2, -0.15) is 5.10 Å². The van der Waals surface area contributed by atoms with E-state index >= 15 is 0 Å². The van der Waals surface area contributed by atoms with Crippen molar-refractivity contribution in [2.75, 3.05) is 7.11 Å². The minimum absolute atomic E-state index is 0.248. The third-order valence-corrected chi connectivity index (χ3v) is 1.70. The number of hydrogen-bond acceptors (Lipinski definition) is 3. The van der Waals surface area contributed by atoms with E-state index in [1.807, 2.05) is 16.9 Å². The molecule has 0 N–H and O–H groups in total. The van der Waals surface area contributed by atoms with E-state index in [9.17, 15) is 4.79 Å². The summed E-state index contributed by atoms with van der Waals surface area (Å²) in [5.74, 6) is -0.248. The van der Waals surface area contributed by atoms with Crippen molar-refractivity contribution in [3.05, 3.63) is 18.0 Å². The molecule has 0 aliphatic carbocycles. The van der Waals surface area contributed by atoms with Gasteiger partial charge in [-0.1, -0.05) is 6.92 Å². The highest BCUT2D eigenvalue weighted by atomic mass is 16.5. The Morgan fingerprint density at radius 1 is 1.69 bits per heavy atom. The van der Waals surface area contributed by atoms with Crippen LogP contribution in [0.25, 0.3) is 0 Å². The zero-order chi connectivity index (χ0) is 9.68. The van der Waals surface area contributed by atoms with Crippen LogP contribution >= 0.6 is 0 Å². The Labute approximate surface area is 77.5 Å². The minimum Gasteiger partial charge on any atom is -0.469 e. The molecular weight excluding hydrogens is 168 g/mol. The smallest absolute Gasteiger partial charge is 0.311 e. The van der Waals surface area contributed by atoms with Crippen molar-refractivity contribution in [3.63, 3.8) is 0 Å². The SMILES string of the molecule is CCCn1ccc(CC(=O)OC)n1. The Morgan fingerprint density at radius 2 is 2.46 bits per heavy atom. The Hall–Kier alpha value is -1.32. The fraction of sp³-hybridized carbons (Fsp3) is 0.556. The average molecular weight is 182 g/mol. The lowest BCUT2D eigenvalue weighted by Crippen LogP contribution is -2.06. The second kappa shape index (κ2) is 4.64. The zero-order valence-corrected chi connectivity index (χ0v) is 7.99. The van der Waals surface area contributed by atoms with Crippen LogP contribution in [0.5, 0.6) is 0 Å². The summed E-state index contributed by atoms with van der Waals surface area (Å²) in [6.07, 6.45) is 3.17. The van der Waals surface area contributed by atoms with E-state index in [4.69, 9.17) is 0 Å². The number of ether oxygens (including phenoxy) is 1. The fourth-order valence-electron chi connectivity index (χ4n) is 1.07. The monoisotopic (exact) mass is 182 g/mol. The summed E-state index contributed by atoms with van der Waals surface area (Å²) in [7, 11) is 1.38. The summed E-state index contributed by atoms with van der Waals surface area (Å²) < 4.78 is 6.37. The van der Waals surface area contributed by atoms with Gasteiger partial charge in [-0.05, 0) is 12.5 Å². The third kappa shape index (κ3) is 2.89. The first-order valence-electron chi connectivity index (χ1n) is 4.35. The van der Waals surface area contributed by atoms with E-state index < -0.39 is 0 Å². The lowest BCUT2D eigenvalue weighted by Gasteiger charge is -1.96. The second-order valence-electron chi connectivity index (χ2n) is 2.82. The molecule has 0 amide bonds. The highest BCUT2D eigenvalue weighted by Crippen LogP contribution is 1.98. The molecule has 4 heteroatoms. The molecule has 1 rings (SSSR count). The molecular formula is C9H14N2O2. The molecule has 0 saturated carbocycles. The summed E-state index contributed by atoms with van der Waals surface area (Å²) in [5, 5.41) is 4.20. The van der Waals surface area contributed by atoms with Crippen LogP contribution in [-0.2, 0) is 22.5 Å². The molecule has 1 heterocycles. The predicted octanol–water partition coefficient (Wildman–Crippen LogP) is 1.01. The summed E-state index contributed by atoms with van der Waals surface area (Å²) in [5.41, 5.74) is 0.764. The predicted molar refractivity (Wildman–Crippen MR) is 48.2 cm³/mol. The van der Waals surface area contributed by atoms with Crippen LogP contribution in [0.4, 0.5) is 0 Å². The Bertz CT molecular complexity index is 281. The maximum atomic E-state index is 10.9. The quantitative estimate of drug-likeness (QED) is 0.653. The molecule has 0 bridgehead atoms. The number of esters is 1. The third-order valence-electron chi connectivity index (χ3n) is 1.70. The van der Waals surface area contributed by atoms with Crippen LogP contribution in [0.2, 0.25) is 0 Å². The van der Waals surface area contributed by atoms with Gasteiger partial charge in [0.1, 0.15) is 0 Å². The fourth-order valence-corrected chi connectivity index (χ4v) is 1.07. The molecule has 1 aromatic rings. The lowest BCUT2D eigenvalue weighted by molar-refractivity contribution is -0.139. The highest BCUT2D eigenvalue weighted by molar-refractivity contribution is 5.71. The van der Waals surface area contributed by atoms with E-state index in [1.165, 1.54) is 7.11 Å². The van der Waals surface area contributed by atoms with Gasteiger partial charge in [0.2, 0.25) is 0 Å². The molecule has 0 aliphatic heterocycles. The van der Waals surface area contributed by atoms with Crippen LogP contribution in [0.1, 0.15) is 19.0 Å². The van der Waals surface area contributed by atoms with Gasteiger partial charge < -0.3 is 4.74 Å². The molecule has 0 atom stereocenters. The van der Waals surface area contributed by atoms with Gasteiger partial charge in [0.05, 0.1) is 19.2 Å². The number of carbonyl (C=O) groups excluding carboxylic acids is 1. The molecule has 0 saturated heterocycles. The molecule has 0 fully saturated rings. The lowest BCUT2D eigenvalue weighted by atomic mass is 10.3. The summed E-state index contributed by atoms with van der Waals surface area (Å²) in [6.45, 7) is 2.98. The summed E-state index contributed by atoms with van der Waals surface area (Å²) >= 11 is 0. The standard InChI is InChI=1S/C9H14N2O2/c1-3-5-11-6-4-8(10-11)7-9(12)13-2/h4,6H,3,5,7H2,1-2H3. The molecule has 0 radical (unpaired) electrons. The van der Waals surface area contributed by atoms with Gasteiger partial charge >= 0.3 is 5.97 Å². The molecule has 0 aliphatic rings. The van der Waals surface area contributed by atoms with Crippen molar-refractivity contribution in [2.24, 2.45) is 0 Å². The normalized spacial score (nSPS) is 10.0. The number of methoxy groups -OCH3 is 1. The number of rotatable bonds is 4. The Morgan fingerprint density at radius 3 is 3.08 bits per heavy atom. The number of nitrogens with zero attached hydrogens (tertiary/aromatic N) is 2. The minimum atomic E-state index is -0.248. The molecule has 0 spiro atoms. The molecule has 72 valence electrons. The summed E-state index contributed by atoms with van der Waals surface area (Å²) in [4.78, 5) is 10.9. The van der Waals surface area contributed by atoms with E-state index in [0.29, 0.717) is 0 Å². The van der Waals surface area contributed by atoms with Crippen LogP contribution < -0.4 is 0 Å². The van der Waals surface area contributed by atoms with Crippen LogP contribution in [0.15, 0.2) is 12.3 Å². The van der Waals surface area contributed by atoms with E-state index in [2.05, 4.69) is 16.8 Å². The van der Waals surface area contributed by atoms with Gasteiger partial charge in [-0.3, -0.25) is 9.48 Å². The number of aromatic nitrogens is 2. The van der Waals surface area contributed by atoms with Crippen LogP contribution in [0.3, 0.4) is 0 Å². The first-order chi connectivity index (χ1) is 6.26. The van der Waals surface area contributed by atoms with Gasteiger partial charge in [-0.25, -0.2) is 0 Å². The average Bonchev–Trinajstić information content (AvgIpc) is 2.53. The Balaban J connectivity index is 2.53. The van der Waals surface area contributed by atoms with Crippen molar-refractivity contribution in [1.82, 2.24) is 9.78 Å². The van der Waals surface area contributed by atoms with Crippen LogP contribution in [0, 0.1) is 0 Å². The topological polar surface area (TPSA) is 44.1 Å². The largest absolute Gasteiger partial charge is 0.469 e. The second-order valence-corrected chi connectivity index (χ2v) is 2.82. The van der Waals surface area contributed by atoms with E-state index in [0.717, 1.165) is 18.7 Å². The molecule has 13 heavy (non-hydrogen) atoms.